The van der Waals surface area contributed by atoms with Crippen molar-refractivity contribution in [1.29, 1.82) is 0 Å². The topological polar surface area (TPSA) is 86.7 Å². The summed E-state index contributed by atoms with van der Waals surface area (Å²) in [6.45, 7) is 0. The maximum Gasteiger partial charge on any atom is 0.534 e. The zero-order chi connectivity index (χ0) is 29.7. The van der Waals surface area contributed by atoms with E-state index in [1.54, 1.807) is 12.1 Å². The van der Waals surface area contributed by atoms with Crippen LogP contribution in [0, 0.1) is 0 Å². The van der Waals surface area contributed by atoms with Crippen molar-refractivity contribution in [2.75, 3.05) is 0 Å². The van der Waals surface area contributed by atoms with Crippen molar-refractivity contribution in [3.05, 3.63) is 69.0 Å². The fourth-order valence-corrected chi connectivity index (χ4v) is 5.43. The first kappa shape index (κ1) is 30.4. The van der Waals surface area contributed by atoms with Crippen LogP contribution in [0.3, 0.4) is 0 Å². The van der Waals surface area contributed by atoms with E-state index in [2.05, 4.69) is 40.2 Å². The Labute approximate surface area is 240 Å². The summed E-state index contributed by atoms with van der Waals surface area (Å²) in [6.07, 6.45) is 4.79. The Morgan fingerprint density at radius 2 is 1.35 bits per heavy atom. The van der Waals surface area contributed by atoms with Crippen LogP contribution in [0.1, 0.15) is 12.0 Å². The number of hydrogen-bond acceptors (Lipinski definition) is 6. The predicted molar refractivity (Wildman–Crippen MR) is 143 cm³/mol. The van der Waals surface area contributed by atoms with Gasteiger partial charge in [0.15, 0.2) is 11.5 Å². The van der Waals surface area contributed by atoms with Crippen LogP contribution < -0.4 is 18.8 Å². The minimum absolute atomic E-state index is 0.0376. The Balaban J connectivity index is 2.20. The third-order valence-corrected chi connectivity index (χ3v) is 8.77. The fraction of sp³-hybridized carbons (Fsp3) is 0.167. The van der Waals surface area contributed by atoms with E-state index in [0.717, 1.165) is 12.1 Å². The van der Waals surface area contributed by atoms with Gasteiger partial charge in [0.05, 0.1) is 0 Å². The van der Waals surface area contributed by atoms with Crippen LogP contribution in [-0.4, -0.2) is 27.9 Å². The summed E-state index contributed by atoms with van der Waals surface area (Å²) in [5, 5.41) is 1.12. The predicted octanol–water partition coefficient (Wildman–Crippen LogP) is 6.10. The highest BCUT2D eigenvalue weighted by atomic mass is 79.9. The van der Waals surface area contributed by atoms with E-state index in [9.17, 15) is 43.2 Å². The molecule has 0 N–H and O–H groups in total. The van der Waals surface area contributed by atoms with Crippen molar-refractivity contribution in [2.45, 2.75) is 22.8 Å². The van der Waals surface area contributed by atoms with Crippen molar-refractivity contribution in [1.82, 2.24) is 0 Å². The normalized spacial score (nSPS) is 14.4. The van der Waals surface area contributed by atoms with Crippen LogP contribution in [0.4, 0.5) is 26.3 Å². The average molecular weight is 736 g/mol. The molecule has 16 heteroatoms. The molecule has 3 aromatic rings. The molecular formula is C24H14Br2F6O6S2. The average Bonchev–Trinajstić information content (AvgIpc) is 3.03. The summed E-state index contributed by atoms with van der Waals surface area (Å²) in [6, 6.07) is 8.83. The summed E-state index contributed by atoms with van der Waals surface area (Å²) in [5.41, 5.74) is -11.9. The second-order valence-electron chi connectivity index (χ2n) is 8.22. The molecule has 0 spiro atoms. The third-order valence-electron chi connectivity index (χ3n) is 5.61. The molecule has 0 heterocycles. The molecule has 0 aliphatic heterocycles. The summed E-state index contributed by atoms with van der Waals surface area (Å²) in [5.74, 6) is -1.83. The monoisotopic (exact) mass is 734 g/mol. The lowest BCUT2D eigenvalue weighted by atomic mass is 9.93. The number of rotatable bonds is 6. The number of fused-ring (bicyclic) bond motifs is 2. The second-order valence-corrected chi connectivity index (χ2v) is 12.9. The molecule has 0 aromatic heterocycles. The van der Waals surface area contributed by atoms with E-state index in [-0.39, 0.29) is 10.6 Å². The molecule has 214 valence electrons. The Morgan fingerprint density at radius 3 is 1.93 bits per heavy atom. The van der Waals surface area contributed by atoms with Gasteiger partial charge in [-0.2, -0.15) is 43.2 Å². The number of benzene rings is 3. The Bertz CT molecular complexity index is 1880. The van der Waals surface area contributed by atoms with Gasteiger partial charge in [0, 0.05) is 16.5 Å². The van der Waals surface area contributed by atoms with Crippen LogP contribution in [-0.2, 0) is 25.6 Å². The van der Waals surface area contributed by atoms with E-state index >= 15 is 0 Å². The molecule has 4 rings (SSSR count). The molecule has 0 fully saturated rings. The molecule has 0 amide bonds. The number of allylic oxidation sites excluding steroid dienone is 2. The molecule has 0 bridgehead atoms. The highest BCUT2D eigenvalue weighted by molar-refractivity contribution is 9.11. The summed E-state index contributed by atoms with van der Waals surface area (Å²) in [4.78, 5) is 0. The molecule has 40 heavy (non-hydrogen) atoms. The van der Waals surface area contributed by atoms with Gasteiger partial charge in [0.25, 0.3) is 0 Å². The molecule has 0 atom stereocenters. The summed E-state index contributed by atoms with van der Waals surface area (Å²) < 4.78 is 137. The minimum Gasteiger partial charge on any atom is -0.375 e. The molecule has 3 aromatic carbocycles. The van der Waals surface area contributed by atoms with Gasteiger partial charge in [0.2, 0.25) is 0 Å². The van der Waals surface area contributed by atoms with E-state index in [1.165, 1.54) is 36.4 Å². The van der Waals surface area contributed by atoms with E-state index in [1.807, 2.05) is 0 Å². The molecule has 6 nitrogen and oxygen atoms in total. The SMILES string of the molecule is O=S(=O)(Oc1ccc2c(c1-c1c(OS(=O)(=O)C(F)(F)F)ccc3cc(CBr)ccc13)=CC=C(Br)CC=2)C(F)(F)F. The van der Waals surface area contributed by atoms with Gasteiger partial charge in [-0.25, -0.2) is 0 Å². The molecule has 0 unspecified atom stereocenters. The zero-order valence-electron chi connectivity index (χ0n) is 19.5. The number of hydrogen-bond donors (Lipinski definition) is 0. The Morgan fingerprint density at radius 1 is 0.775 bits per heavy atom. The van der Waals surface area contributed by atoms with Crippen molar-refractivity contribution in [3.8, 4) is 22.6 Å². The van der Waals surface area contributed by atoms with Crippen LogP contribution in [0.2, 0.25) is 0 Å². The van der Waals surface area contributed by atoms with Gasteiger partial charge in [-0.15, -0.1) is 0 Å². The fourth-order valence-electron chi connectivity index (χ4n) is 3.85. The summed E-state index contributed by atoms with van der Waals surface area (Å²) in [7, 11) is -12.5. The van der Waals surface area contributed by atoms with Crippen LogP contribution in [0.15, 0.2) is 53.0 Å². The maximum absolute atomic E-state index is 13.3. The number of alkyl halides is 7. The highest BCUT2D eigenvalue weighted by Gasteiger charge is 2.50. The first-order valence-electron chi connectivity index (χ1n) is 10.8. The van der Waals surface area contributed by atoms with Crippen molar-refractivity contribution in [3.63, 3.8) is 0 Å². The second kappa shape index (κ2) is 10.7. The largest absolute Gasteiger partial charge is 0.534 e. The van der Waals surface area contributed by atoms with Gasteiger partial charge in [-0.3, -0.25) is 0 Å². The van der Waals surface area contributed by atoms with Crippen LogP contribution in [0.5, 0.6) is 11.5 Å². The lowest BCUT2D eigenvalue weighted by Gasteiger charge is -2.19. The first-order valence-corrected chi connectivity index (χ1v) is 15.5. The van der Waals surface area contributed by atoms with Crippen LogP contribution in [0.25, 0.3) is 34.1 Å². The van der Waals surface area contributed by atoms with Gasteiger partial charge < -0.3 is 8.37 Å². The van der Waals surface area contributed by atoms with Crippen LogP contribution >= 0.6 is 31.9 Å². The molecular weight excluding hydrogens is 722 g/mol. The highest BCUT2D eigenvalue weighted by Crippen LogP contribution is 2.43. The van der Waals surface area contributed by atoms with Gasteiger partial charge in [-0.1, -0.05) is 80.4 Å². The summed E-state index contributed by atoms with van der Waals surface area (Å²) >= 11 is 6.56. The molecule has 0 radical (unpaired) electrons. The standard InChI is InChI=1S/C24H14Br2F6O6S2/c25-12-13-1-7-18-15(11-13)4-10-20(38-40(35,36)24(30,31)32)22(18)21-17-8-6-16(26)5-2-14(17)3-9-19(21)37-39(33,34)23(27,28)29/h1-4,6-11H,5,12H2. The first-order chi connectivity index (χ1) is 18.4. The van der Waals surface area contributed by atoms with E-state index in [0.29, 0.717) is 32.4 Å². The van der Waals surface area contributed by atoms with E-state index < -0.39 is 53.9 Å². The molecule has 1 aliphatic rings. The van der Waals surface area contributed by atoms with E-state index in [4.69, 9.17) is 0 Å². The quantitative estimate of drug-likeness (QED) is 0.132. The maximum atomic E-state index is 13.3. The zero-order valence-corrected chi connectivity index (χ0v) is 24.3. The van der Waals surface area contributed by atoms with Gasteiger partial charge in [-0.05, 0) is 49.8 Å². The van der Waals surface area contributed by atoms with Gasteiger partial charge >= 0.3 is 31.3 Å². The van der Waals surface area contributed by atoms with Gasteiger partial charge in [0.1, 0.15) is 0 Å². The smallest absolute Gasteiger partial charge is 0.375 e. The van der Waals surface area contributed by atoms with Crippen molar-refractivity contribution < 1.29 is 51.5 Å². The molecule has 1 aliphatic carbocycles. The van der Waals surface area contributed by atoms with Crippen molar-refractivity contribution in [2.24, 2.45) is 0 Å². The third kappa shape index (κ3) is 5.90. The molecule has 0 saturated carbocycles. The Kier molecular flexibility index (Phi) is 8.12. The minimum atomic E-state index is -6.26. The lowest BCUT2D eigenvalue weighted by Crippen LogP contribution is -2.32. The number of halogens is 8. The van der Waals surface area contributed by atoms with Crippen molar-refractivity contribution >= 4 is 75.0 Å². The lowest BCUT2D eigenvalue weighted by molar-refractivity contribution is -0.0505. The Hall–Kier alpha value is -2.56. The molecule has 0 saturated heterocycles.